The second-order valence-electron chi connectivity index (χ2n) is 4.95. The van der Waals surface area contributed by atoms with Gasteiger partial charge in [-0.25, -0.2) is 0 Å². The summed E-state index contributed by atoms with van der Waals surface area (Å²) >= 11 is 1.61. The number of aryl methyl sites for hydroxylation is 1. The highest BCUT2D eigenvalue weighted by atomic mass is 32.1. The summed E-state index contributed by atoms with van der Waals surface area (Å²) in [5.74, 6) is 6.05. The fourth-order valence-electron chi connectivity index (χ4n) is 2.06. The maximum Gasteiger partial charge on any atom is 0.257 e. The number of benzene rings is 1. The van der Waals surface area contributed by atoms with E-state index in [9.17, 15) is 4.79 Å². The van der Waals surface area contributed by atoms with Gasteiger partial charge in [0.2, 0.25) is 0 Å². The molecule has 2 heterocycles. The molecule has 3 nitrogen and oxygen atoms in total. The molecule has 3 aromatic rings. The molecular weight excluding hydrogens is 304 g/mol. The van der Waals surface area contributed by atoms with Gasteiger partial charge in [0.25, 0.3) is 5.91 Å². The molecular formula is C19H14N2OS. The molecule has 0 aliphatic heterocycles. The number of rotatable bonds is 2. The van der Waals surface area contributed by atoms with Crippen LogP contribution in [-0.4, -0.2) is 10.9 Å². The fourth-order valence-corrected chi connectivity index (χ4v) is 2.63. The van der Waals surface area contributed by atoms with Crippen molar-refractivity contribution in [3.63, 3.8) is 0 Å². The van der Waals surface area contributed by atoms with Crippen molar-refractivity contribution in [3.05, 3.63) is 81.8 Å². The molecule has 1 N–H and O–H groups in total. The van der Waals surface area contributed by atoms with Crippen LogP contribution in [0, 0.1) is 18.8 Å². The van der Waals surface area contributed by atoms with E-state index in [0.717, 1.165) is 21.7 Å². The minimum Gasteiger partial charge on any atom is -0.322 e. The molecule has 0 fully saturated rings. The molecule has 23 heavy (non-hydrogen) atoms. The average molecular weight is 318 g/mol. The number of carbonyl (C=O) groups excluding carboxylic acids is 1. The zero-order valence-electron chi connectivity index (χ0n) is 12.5. The molecule has 2 aromatic heterocycles. The van der Waals surface area contributed by atoms with Crippen LogP contribution < -0.4 is 5.32 Å². The van der Waals surface area contributed by atoms with Gasteiger partial charge in [0.1, 0.15) is 0 Å². The van der Waals surface area contributed by atoms with Gasteiger partial charge >= 0.3 is 0 Å². The van der Waals surface area contributed by atoms with Crippen molar-refractivity contribution in [2.24, 2.45) is 0 Å². The lowest BCUT2D eigenvalue weighted by Gasteiger charge is -2.07. The van der Waals surface area contributed by atoms with Gasteiger partial charge in [0, 0.05) is 23.6 Å². The van der Waals surface area contributed by atoms with E-state index in [1.54, 1.807) is 23.7 Å². The van der Waals surface area contributed by atoms with Crippen LogP contribution in [0.4, 0.5) is 5.69 Å². The molecule has 0 unspecified atom stereocenters. The Morgan fingerprint density at radius 1 is 1.17 bits per heavy atom. The molecule has 0 saturated heterocycles. The predicted octanol–water partition coefficient (Wildman–Crippen LogP) is 4.10. The van der Waals surface area contributed by atoms with E-state index in [4.69, 9.17) is 0 Å². The Morgan fingerprint density at radius 3 is 2.87 bits per heavy atom. The molecule has 3 rings (SSSR count). The van der Waals surface area contributed by atoms with Crippen LogP contribution in [0.15, 0.2) is 60.2 Å². The van der Waals surface area contributed by atoms with E-state index in [1.807, 2.05) is 54.8 Å². The van der Waals surface area contributed by atoms with Crippen molar-refractivity contribution >= 4 is 22.9 Å². The maximum atomic E-state index is 12.3. The summed E-state index contributed by atoms with van der Waals surface area (Å²) in [6.07, 6.45) is 3.25. The highest BCUT2D eigenvalue weighted by molar-refractivity contribution is 7.10. The average Bonchev–Trinajstić information content (AvgIpc) is 3.07. The van der Waals surface area contributed by atoms with E-state index in [1.165, 1.54) is 0 Å². The van der Waals surface area contributed by atoms with Gasteiger partial charge < -0.3 is 5.32 Å². The third-order valence-corrected chi connectivity index (χ3v) is 4.04. The van der Waals surface area contributed by atoms with Gasteiger partial charge in [-0.2, -0.15) is 0 Å². The van der Waals surface area contributed by atoms with Crippen LogP contribution in [0.5, 0.6) is 0 Å². The van der Waals surface area contributed by atoms with Crippen LogP contribution in [0.1, 0.15) is 26.4 Å². The van der Waals surface area contributed by atoms with Crippen molar-refractivity contribution < 1.29 is 4.79 Å². The van der Waals surface area contributed by atoms with Gasteiger partial charge in [0.15, 0.2) is 0 Å². The first-order valence-electron chi connectivity index (χ1n) is 7.10. The zero-order chi connectivity index (χ0) is 16.1. The summed E-state index contributed by atoms with van der Waals surface area (Å²) in [6, 6.07) is 13.3. The van der Waals surface area contributed by atoms with Crippen molar-refractivity contribution in [2.45, 2.75) is 6.92 Å². The highest BCUT2D eigenvalue weighted by Gasteiger charge is 2.09. The first kappa shape index (κ1) is 15.0. The first-order chi connectivity index (χ1) is 11.2. The topological polar surface area (TPSA) is 42.0 Å². The number of thiophene rings is 1. The summed E-state index contributed by atoms with van der Waals surface area (Å²) in [5, 5.41) is 4.89. The molecule has 0 bridgehead atoms. The normalized spacial score (nSPS) is 9.78. The SMILES string of the molecule is Cc1ccncc1C(=O)Nc1cccc(C#Cc2cccs2)c1. The monoisotopic (exact) mass is 318 g/mol. The van der Waals surface area contributed by atoms with Crippen molar-refractivity contribution in [1.29, 1.82) is 0 Å². The molecule has 0 atom stereocenters. The van der Waals surface area contributed by atoms with Crippen molar-refractivity contribution in [1.82, 2.24) is 4.98 Å². The summed E-state index contributed by atoms with van der Waals surface area (Å²) in [6.45, 7) is 1.89. The van der Waals surface area contributed by atoms with Crippen LogP contribution in [-0.2, 0) is 0 Å². The summed E-state index contributed by atoms with van der Waals surface area (Å²) < 4.78 is 0. The maximum absolute atomic E-state index is 12.3. The van der Waals surface area contributed by atoms with Gasteiger partial charge in [-0.15, -0.1) is 11.3 Å². The van der Waals surface area contributed by atoms with Crippen molar-refractivity contribution in [2.75, 3.05) is 5.32 Å². The van der Waals surface area contributed by atoms with Crippen LogP contribution in [0.25, 0.3) is 0 Å². The Morgan fingerprint density at radius 2 is 2.09 bits per heavy atom. The van der Waals surface area contributed by atoms with E-state index < -0.39 is 0 Å². The second-order valence-corrected chi connectivity index (χ2v) is 5.90. The number of nitrogens with one attached hydrogen (secondary N) is 1. The van der Waals surface area contributed by atoms with Gasteiger partial charge in [-0.3, -0.25) is 9.78 Å². The Kier molecular flexibility index (Phi) is 4.51. The molecule has 0 radical (unpaired) electrons. The van der Waals surface area contributed by atoms with Gasteiger partial charge in [-0.1, -0.05) is 24.0 Å². The molecule has 0 aliphatic carbocycles. The van der Waals surface area contributed by atoms with E-state index in [-0.39, 0.29) is 5.91 Å². The number of amides is 1. The third-order valence-electron chi connectivity index (χ3n) is 3.26. The summed E-state index contributed by atoms with van der Waals surface area (Å²) in [4.78, 5) is 17.3. The fraction of sp³-hybridized carbons (Fsp3) is 0.0526. The molecule has 0 aliphatic rings. The van der Waals surface area contributed by atoms with E-state index in [2.05, 4.69) is 22.1 Å². The van der Waals surface area contributed by atoms with E-state index in [0.29, 0.717) is 5.56 Å². The highest BCUT2D eigenvalue weighted by Crippen LogP contribution is 2.14. The number of carbonyl (C=O) groups is 1. The third kappa shape index (κ3) is 3.85. The smallest absolute Gasteiger partial charge is 0.257 e. The minimum atomic E-state index is -0.168. The Labute approximate surface area is 139 Å². The summed E-state index contributed by atoms with van der Waals surface area (Å²) in [7, 11) is 0. The quantitative estimate of drug-likeness (QED) is 0.723. The Balaban J connectivity index is 1.78. The molecule has 1 aromatic carbocycles. The van der Waals surface area contributed by atoms with Gasteiger partial charge in [0.05, 0.1) is 10.4 Å². The standard InChI is InChI=1S/C19H14N2OS/c1-14-9-10-20-13-18(14)19(22)21-16-5-2-4-15(12-16)7-8-17-6-3-11-23-17/h2-6,9-13H,1H3,(H,21,22). The second kappa shape index (κ2) is 6.91. The van der Waals surface area contributed by atoms with E-state index >= 15 is 0 Å². The molecule has 0 saturated carbocycles. The summed E-state index contributed by atoms with van der Waals surface area (Å²) in [5.41, 5.74) is 3.05. The number of aromatic nitrogens is 1. The van der Waals surface area contributed by atoms with Crippen LogP contribution in [0.2, 0.25) is 0 Å². The van der Waals surface area contributed by atoms with Crippen LogP contribution in [0.3, 0.4) is 0 Å². The predicted molar refractivity (Wildman–Crippen MR) is 93.7 cm³/mol. The number of hydrogen-bond acceptors (Lipinski definition) is 3. The number of pyridine rings is 1. The number of nitrogens with zero attached hydrogens (tertiary/aromatic N) is 1. The lowest BCUT2D eigenvalue weighted by molar-refractivity contribution is 0.102. The Hall–Kier alpha value is -2.90. The van der Waals surface area contributed by atoms with Gasteiger partial charge in [-0.05, 0) is 48.2 Å². The Bertz CT molecular complexity index is 889. The number of hydrogen-bond donors (Lipinski definition) is 1. The minimum absolute atomic E-state index is 0.168. The van der Waals surface area contributed by atoms with Crippen LogP contribution >= 0.6 is 11.3 Å². The molecule has 0 spiro atoms. The number of anilines is 1. The lowest BCUT2D eigenvalue weighted by atomic mass is 10.1. The zero-order valence-corrected chi connectivity index (χ0v) is 13.4. The molecule has 112 valence electrons. The van der Waals surface area contributed by atoms with Crippen molar-refractivity contribution in [3.8, 4) is 11.8 Å². The lowest BCUT2D eigenvalue weighted by Crippen LogP contribution is -2.13. The molecule has 4 heteroatoms. The largest absolute Gasteiger partial charge is 0.322 e. The first-order valence-corrected chi connectivity index (χ1v) is 7.98. The molecule has 1 amide bonds.